The number of hydrogen-bond acceptors (Lipinski definition) is 3. The lowest BCUT2D eigenvalue weighted by molar-refractivity contribution is 0.0832. The summed E-state index contributed by atoms with van der Waals surface area (Å²) in [4.78, 5) is 0. The highest BCUT2D eigenvalue weighted by molar-refractivity contribution is 7.08. The molecule has 0 saturated heterocycles. The van der Waals surface area contributed by atoms with E-state index in [0.29, 0.717) is 0 Å². The zero-order valence-electron chi connectivity index (χ0n) is 9.64. The number of rotatable bonds is 2. The van der Waals surface area contributed by atoms with Crippen molar-refractivity contribution in [1.82, 2.24) is 0 Å². The third-order valence-electron chi connectivity index (χ3n) is 3.52. The topological polar surface area (TPSA) is 29.5 Å². The zero-order chi connectivity index (χ0) is 11.9. The van der Waals surface area contributed by atoms with Crippen LogP contribution in [0.2, 0.25) is 0 Å². The Kier molecular flexibility index (Phi) is 2.45. The van der Waals surface area contributed by atoms with Crippen LogP contribution in [0.25, 0.3) is 0 Å². The first-order valence-electron chi connectivity index (χ1n) is 5.66. The van der Waals surface area contributed by atoms with Crippen LogP contribution in [0.3, 0.4) is 0 Å². The van der Waals surface area contributed by atoms with Crippen LogP contribution < -0.4 is 4.74 Å². The van der Waals surface area contributed by atoms with Gasteiger partial charge in [-0.2, -0.15) is 11.3 Å². The van der Waals surface area contributed by atoms with Crippen LogP contribution in [0.15, 0.2) is 35.0 Å². The van der Waals surface area contributed by atoms with Gasteiger partial charge in [-0.1, -0.05) is 6.07 Å². The summed E-state index contributed by atoms with van der Waals surface area (Å²) in [7, 11) is 1.65. The van der Waals surface area contributed by atoms with Gasteiger partial charge in [0.1, 0.15) is 11.4 Å². The minimum Gasteiger partial charge on any atom is -0.497 e. The minimum atomic E-state index is -0.829. The predicted octanol–water partition coefficient (Wildman–Crippen LogP) is 2.94. The average Bonchev–Trinajstić information content (AvgIpc) is 2.98. The average molecular weight is 246 g/mol. The molecule has 1 heterocycles. The maximum atomic E-state index is 10.9. The maximum absolute atomic E-state index is 10.9. The number of aliphatic hydroxyl groups is 1. The fourth-order valence-electron chi connectivity index (χ4n) is 2.54. The van der Waals surface area contributed by atoms with Crippen molar-refractivity contribution in [3.05, 3.63) is 51.7 Å². The molecule has 0 amide bonds. The fraction of sp³-hybridized carbons (Fsp3) is 0.286. The van der Waals surface area contributed by atoms with Crippen molar-refractivity contribution in [3.8, 4) is 5.75 Å². The Hall–Kier alpha value is -1.32. The first kappa shape index (κ1) is 10.8. The molecule has 0 aliphatic heterocycles. The SMILES string of the molecule is COc1ccc2c(c1)C(O)(c1ccsc1)CC2. The van der Waals surface area contributed by atoms with Crippen molar-refractivity contribution in [2.24, 2.45) is 0 Å². The first-order valence-corrected chi connectivity index (χ1v) is 6.61. The summed E-state index contributed by atoms with van der Waals surface area (Å²) in [5.74, 6) is 0.805. The first-order chi connectivity index (χ1) is 8.24. The Morgan fingerprint density at radius 2 is 2.24 bits per heavy atom. The lowest BCUT2D eigenvalue weighted by Gasteiger charge is -2.23. The van der Waals surface area contributed by atoms with Crippen molar-refractivity contribution in [1.29, 1.82) is 0 Å². The van der Waals surface area contributed by atoms with Crippen LogP contribution in [0.4, 0.5) is 0 Å². The number of benzene rings is 1. The van der Waals surface area contributed by atoms with E-state index < -0.39 is 5.60 Å². The molecule has 1 N–H and O–H groups in total. The smallest absolute Gasteiger partial charge is 0.119 e. The molecule has 2 aromatic rings. The number of thiophene rings is 1. The number of methoxy groups -OCH3 is 1. The van der Waals surface area contributed by atoms with E-state index in [2.05, 4.69) is 6.07 Å². The van der Waals surface area contributed by atoms with Crippen molar-refractivity contribution in [2.45, 2.75) is 18.4 Å². The molecular formula is C14H14O2S. The van der Waals surface area contributed by atoms with Gasteiger partial charge in [0.15, 0.2) is 0 Å². The largest absolute Gasteiger partial charge is 0.497 e. The van der Waals surface area contributed by atoms with Crippen molar-refractivity contribution in [2.75, 3.05) is 7.11 Å². The Labute approximate surface area is 104 Å². The monoisotopic (exact) mass is 246 g/mol. The number of ether oxygens (including phenoxy) is 1. The molecule has 17 heavy (non-hydrogen) atoms. The van der Waals surface area contributed by atoms with Gasteiger partial charge in [0.2, 0.25) is 0 Å². The fourth-order valence-corrected chi connectivity index (χ4v) is 3.26. The van der Waals surface area contributed by atoms with Crippen molar-refractivity contribution < 1.29 is 9.84 Å². The molecule has 1 aliphatic rings. The molecular weight excluding hydrogens is 232 g/mol. The molecule has 0 fully saturated rings. The molecule has 0 saturated carbocycles. The molecule has 3 heteroatoms. The van der Waals surface area contributed by atoms with Crippen LogP contribution in [-0.2, 0) is 12.0 Å². The Morgan fingerprint density at radius 3 is 2.94 bits per heavy atom. The molecule has 0 bridgehead atoms. The lowest BCUT2D eigenvalue weighted by atomic mass is 9.90. The van der Waals surface area contributed by atoms with E-state index in [0.717, 1.165) is 29.7 Å². The second-order valence-corrected chi connectivity index (χ2v) is 5.18. The lowest BCUT2D eigenvalue weighted by Crippen LogP contribution is -2.23. The number of hydrogen-bond donors (Lipinski definition) is 1. The predicted molar refractivity (Wildman–Crippen MR) is 68.6 cm³/mol. The molecule has 0 radical (unpaired) electrons. The van der Waals surface area contributed by atoms with E-state index in [1.54, 1.807) is 18.4 Å². The van der Waals surface area contributed by atoms with Crippen LogP contribution in [0.5, 0.6) is 5.75 Å². The number of fused-ring (bicyclic) bond motifs is 1. The van der Waals surface area contributed by atoms with Crippen LogP contribution in [0, 0.1) is 0 Å². The van der Waals surface area contributed by atoms with Crippen LogP contribution in [0.1, 0.15) is 23.1 Å². The van der Waals surface area contributed by atoms with Gasteiger partial charge in [0, 0.05) is 0 Å². The van der Waals surface area contributed by atoms with Gasteiger partial charge >= 0.3 is 0 Å². The third-order valence-corrected chi connectivity index (χ3v) is 4.20. The second-order valence-electron chi connectivity index (χ2n) is 4.40. The number of aryl methyl sites for hydroxylation is 1. The molecule has 1 aromatic carbocycles. The van der Waals surface area contributed by atoms with Gasteiger partial charge in [-0.3, -0.25) is 0 Å². The summed E-state index contributed by atoms with van der Waals surface area (Å²) in [5.41, 5.74) is 2.38. The van der Waals surface area contributed by atoms with Gasteiger partial charge in [-0.25, -0.2) is 0 Å². The quantitative estimate of drug-likeness (QED) is 0.882. The molecule has 88 valence electrons. The van der Waals surface area contributed by atoms with E-state index in [1.165, 1.54) is 5.56 Å². The van der Waals surface area contributed by atoms with Gasteiger partial charge in [-0.05, 0) is 58.5 Å². The molecule has 0 spiro atoms. The van der Waals surface area contributed by atoms with Gasteiger partial charge < -0.3 is 9.84 Å². The van der Waals surface area contributed by atoms with Gasteiger partial charge in [-0.15, -0.1) is 0 Å². The highest BCUT2D eigenvalue weighted by atomic mass is 32.1. The summed E-state index contributed by atoms with van der Waals surface area (Å²) < 4.78 is 5.24. The van der Waals surface area contributed by atoms with E-state index in [4.69, 9.17) is 4.74 Å². The zero-order valence-corrected chi connectivity index (χ0v) is 10.5. The normalized spacial score (nSPS) is 22.5. The molecule has 1 atom stereocenters. The summed E-state index contributed by atoms with van der Waals surface area (Å²) in [6, 6.07) is 7.97. The third kappa shape index (κ3) is 1.58. The molecule has 3 rings (SSSR count). The molecule has 1 unspecified atom stereocenters. The minimum absolute atomic E-state index is 0.756. The molecule has 1 aliphatic carbocycles. The summed E-state index contributed by atoms with van der Waals surface area (Å²) >= 11 is 1.62. The van der Waals surface area contributed by atoms with E-state index in [1.807, 2.05) is 29.0 Å². The van der Waals surface area contributed by atoms with E-state index >= 15 is 0 Å². The second kappa shape index (κ2) is 3.86. The maximum Gasteiger partial charge on any atom is 0.119 e. The highest BCUT2D eigenvalue weighted by Gasteiger charge is 2.38. The molecule has 1 aromatic heterocycles. The summed E-state index contributed by atoms with van der Waals surface area (Å²) in [6.07, 6.45) is 1.68. The van der Waals surface area contributed by atoms with Crippen LogP contribution >= 0.6 is 11.3 Å². The summed E-state index contributed by atoms with van der Waals surface area (Å²) in [6.45, 7) is 0. The van der Waals surface area contributed by atoms with Crippen molar-refractivity contribution >= 4 is 11.3 Å². The molecule has 2 nitrogen and oxygen atoms in total. The highest BCUT2D eigenvalue weighted by Crippen LogP contribution is 2.43. The Bertz CT molecular complexity index is 533. The van der Waals surface area contributed by atoms with Gasteiger partial charge in [0.05, 0.1) is 7.11 Å². The summed E-state index contributed by atoms with van der Waals surface area (Å²) in [5, 5.41) is 14.9. The Balaban J connectivity index is 2.14. The Morgan fingerprint density at radius 1 is 1.35 bits per heavy atom. The standard InChI is InChI=1S/C14H14O2S/c1-16-12-3-2-10-4-6-14(15,13(10)8-12)11-5-7-17-9-11/h2-3,5,7-9,15H,4,6H2,1H3. The van der Waals surface area contributed by atoms with Crippen LogP contribution in [-0.4, -0.2) is 12.2 Å². The van der Waals surface area contributed by atoms with E-state index in [9.17, 15) is 5.11 Å². The van der Waals surface area contributed by atoms with Gasteiger partial charge in [0.25, 0.3) is 0 Å². The van der Waals surface area contributed by atoms with E-state index in [-0.39, 0.29) is 0 Å². The van der Waals surface area contributed by atoms with Crippen molar-refractivity contribution in [3.63, 3.8) is 0 Å².